The highest BCUT2D eigenvalue weighted by molar-refractivity contribution is 7.08. The van der Waals surface area contributed by atoms with Gasteiger partial charge in [-0.25, -0.2) is 0 Å². The Kier molecular flexibility index (Phi) is 3.51. The summed E-state index contributed by atoms with van der Waals surface area (Å²) in [5, 5.41) is 7.66. The molecule has 1 saturated heterocycles. The zero-order chi connectivity index (χ0) is 12.2. The lowest BCUT2D eigenvalue weighted by Gasteiger charge is -2.17. The number of anilines is 2. The first-order valence-electron chi connectivity index (χ1n) is 6.52. The van der Waals surface area contributed by atoms with Crippen molar-refractivity contribution < 1.29 is 0 Å². The predicted octanol–water partition coefficient (Wildman–Crippen LogP) is 3.96. The van der Waals surface area contributed by atoms with Crippen LogP contribution in [0, 0.1) is 0 Å². The van der Waals surface area contributed by atoms with E-state index >= 15 is 0 Å². The second-order valence-corrected chi connectivity index (χ2v) is 5.51. The van der Waals surface area contributed by atoms with Gasteiger partial charge in [0, 0.05) is 36.4 Å². The number of hydrogen-bond donors (Lipinski definition) is 1. The smallest absolute Gasteiger partial charge is 0.0451 e. The molecular formula is C15H18N2S. The van der Waals surface area contributed by atoms with Crippen LogP contribution in [-0.4, -0.2) is 13.1 Å². The molecule has 1 aliphatic rings. The summed E-state index contributed by atoms with van der Waals surface area (Å²) in [6, 6.07) is 11.1. The summed E-state index contributed by atoms with van der Waals surface area (Å²) in [6.45, 7) is 3.33. The van der Waals surface area contributed by atoms with Crippen LogP contribution in [-0.2, 0) is 6.54 Å². The van der Waals surface area contributed by atoms with Crippen LogP contribution in [0.1, 0.15) is 18.4 Å². The number of nitrogens with one attached hydrogen (secondary N) is 1. The Morgan fingerprint density at radius 2 is 1.83 bits per heavy atom. The van der Waals surface area contributed by atoms with Gasteiger partial charge in [0.1, 0.15) is 0 Å². The minimum atomic E-state index is 0.900. The third-order valence-electron chi connectivity index (χ3n) is 3.43. The molecule has 2 nitrogen and oxygen atoms in total. The topological polar surface area (TPSA) is 15.3 Å². The van der Waals surface area contributed by atoms with E-state index in [1.165, 1.54) is 42.9 Å². The normalized spacial score (nSPS) is 15.0. The quantitative estimate of drug-likeness (QED) is 0.893. The van der Waals surface area contributed by atoms with Crippen LogP contribution in [0.25, 0.3) is 0 Å². The maximum Gasteiger partial charge on any atom is 0.0451 e. The molecule has 0 saturated carbocycles. The molecule has 3 rings (SSSR count). The first kappa shape index (κ1) is 11.6. The van der Waals surface area contributed by atoms with E-state index in [0.717, 1.165) is 6.54 Å². The van der Waals surface area contributed by atoms with Gasteiger partial charge >= 0.3 is 0 Å². The van der Waals surface area contributed by atoms with Gasteiger partial charge in [-0.3, -0.25) is 0 Å². The largest absolute Gasteiger partial charge is 0.380 e. The van der Waals surface area contributed by atoms with Crippen molar-refractivity contribution >= 4 is 22.7 Å². The van der Waals surface area contributed by atoms with Gasteiger partial charge in [0.2, 0.25) is 0 Å². The molecule has 1 aromatic carbocycles. The van der Waals surface area contributed by atoms with Gasteiger partial charge in [-0.2, -0.15) is 11.3 Å². The monoisotopic (exact) mass is 258 g/mol. The fourth-order valence-corrected chi connectivity index (χ4v) is 2.98. The molecule has 1 N–H and O–H groups in total. The Morgan fingerprint density at radius 3 is 2.50 bits per heavy atom. The second-order valence-electron chi connectivity index (χ2n) is 4.73. The van der Waals surface area contributed by atoms with E-state index in [-0.39, 0.29) is 0 Å². The van der Waals surface area contributed by atoms with Crippen molar-refractivity contribution in [2.24, 2.45) is 0 Å². The van der Waals surface area contributed by atoms with E-state index in [2.05, 4.69) is 51.3 Å². The van der Waals surface area contributed by atoms with Gasteiger partial charge in [-0.15, -0.1) is 0 Å². The average Bonchev–Trinajstić information content (AvgIpc) is 3.10. The van der Waals surface area contributed by atoms with Crippen LogP contribution in [0.4, 0.5) is 11.4 Å². The minimum absolute atomic E-state index is 0.900. The lowest BCUT2D eigenvalue weighted by atomic mass is 10.2. The third kappa shape index (κ3) is 2.67. The van der Waals surface area contributed by atoms with Crippen molar-refractivity contribution in [1.29, 1.82) is 0 Å². The lowest BCUT2D eigenvalue weighted by molar-refractivity contribution is 0.949. The van der Waals surface area contributed by atoms with E-state index < -0.39 is 0 Å². The van der Waals surface area contributed by atoms with Gasteiger partial charge in [0.15, 0.2) is 0 Å². The zero-order valence-corrected chi connectivity index (χ0v) is 11.2. The molecule has 1 fully saturated rings. The van der Waals surface area contributed by atoms with Crippen molar-refractivity contribution in [2.45, 2.75) is 19.4 Å². The van der Waals surface area contributed by atoms with Crippen LogP contribution < -0.4 is 10.2 Å². The van der Waals surface area contributed by atoms with Gasteiger partial charge in [-0.05, 0) is 42.0 Å². The van der Waals surface area contributed by atoms with Crippen LogP contribution >= 0.6 is 11.3 Å². The maximum absolute atomic E-state index is 3.43. The number of hydrogen-bond acceptors (Lipinski definition) is 3. The Morgan fingerprint density at radius 1 is 1.06 bits per heavy atom. The zero-order valence-electron chi connectivity index (χ0n) is 10.4. The van der Waals surface area contributed by atoms with Crippen molar-refractivity contribution in [3.8, 4) is 0 Å². The Bertz CT molecular complexity index is 470. The Hall–Kier alpha value is -1.48. The summed E-state index contributed by atoms with van der Waals surface area (Å²) in [5.41, 5.74) is 3.92. The highest BCUT2D eigenvalue weighted by Crippen LogP contribution is 2.21. The molecule has 94 valence electrons. The van der Waals surface area contributed by atoms with Gasteiger partial charge in [0.25, 0.3) is 0 Å². The Balaban J connectivity index is 1.60. The van der Waals surface area contributed by atoms with Gasteiger partial charge in [0.05, 0.1) is 0 Å². The summed E-state index contributed by atoms with van der Waals surface area (Å²) in [6.07, 6.45) is 2.67. The number of thiophene rings is 1. The van der Waals surface area contributed by atoms with Crippen molar-refractivity contribution in [3.05, 3.63) is 46.7 Å². The number of nitrogens with zero attached hydrogens (tertiary/aromatic N) is 1. The summed E-state index contributed by atoms with van der Waals surface area (Å²) in [5.74, 6) is 0. The Labute approximate surface area is 112 Å². The summed E-state index contributed by atoms with van der Waals surface area (Å²) in [4.78, 5) is 2.47. The van der Waals surface area contributed by atoms with Crippen molar-refractivity contribution in [3.63, 3.8) is 0 Å². The molecule has 0 unspecified atom stereocenters. The molecule has 18 heavy (non-hydrogen) atoms. The molecule has 0 spiro atoms. The fourth-order valence-electron chi connectivity index (χ4n) is 2.37. The molecular weight excluding hydrogens is 240 g/mol. The lowest BCUT2D eigenvalue weighted by Crippen LogP contribution is -2.17. The van der Waals surface area contributed by atoms with Crippen molar-refractivity contribution in [2.75, 3.05) is 23.3 Å². The molecule has 0 bridgehead atoms. The predicted molar refractivity (Wildman–Crippen MR) is 79.5 cm³/mol. The molecule has 0 amide bonds. The first-order chi connectivity index (χ1) is 8.92. The van der Waals surface area contributed by atoms with Crippen LogP contribution in [0.15, 0.2) is 41.1 Å². The van der Waals surface area contributed by atoms with E-state index in [4.69, 9.17) is 0 Å². The molecule has 3 heteroatoms. The molecule has 2 aromatic rings. The number of benzene rings is 1. The molecule has 0 atom stereocenters. The van der Waals surface area contributed by atoms with Gasteiger partial charge in [-0.1, -0.05) is 12.1 Å². The van der Waals surface area contributed by atoms with Crippen LogP contribution in [0.3, 0.4) is 0 Å². The third-order valence-corrected chi connectivity index (χ3v) is 4.11. The highest BCUT2D eigenvalue weighted by Gasteiger charge is 2.11. The van der Waals surface area contributed by atoms with E-state index in [9.17, 15) is 0 Å². The van der Waals surface area contributed by atoms with E-state index in [0.29, 0.717) is 0 Å². The summed E-state index contributed by atoms with van der Waals surface area (Å²) in [7, 11) is 0. The molecule has 1 aromatic heterocycles. The number of rotatable bonds is 4. The molecule has 2 heterocycles. The second kappa shape index (κ2) is 5.44. The molecule has 0 radical (unpaired) electrons. The highest BCUT2D eigenvalue weighted by atomic mass is 32.1. The summed E-state index contributed by atoms with van der Waals surface area (Å²) < 4.78 is 0. The molecule has 0 aliphatic carbocycles. The summed E-state index contributed by atoms with van der Waals surface area (Å²) >= 11 is 1.72. The first-order valence-corrected chi connectivity index (χ1v) is 7.46. The molecule has 1 aliphatic heterocycles. The minimum Gasteiger partial charge on any atom is -0.380 e. The fraction of sp³-hybridized carbons (Fsp3) is 0.333. The SMILES string of the molecule is c1cc(NCc2ccc(N3CCCC3)cc2)cs1. The average molecular weight is 258 g/mol. The maximum atomic E-state index is 3.43. The van der Waals surface area contributed by atoms with Crippen LogP contribution in [0.2, 0.25) is 0 Å². The van der Waals surface area contributed by atoms with Crippen LogP contribution in [0.5, 0.6) is 0 Å². The van der Waals surface area contributed by atoms with E-state index in [1.54, 1.807) is 11.3 Å². The van der Waals surface area contributed by atoms with E-state index in [1.807, 2.05) is 0 Å². The van der Waals surface area contributed by atoms with Gasteiger partial charge < -0.3 is 10.2 Å². The standard InChI is InChI=1S/C15H18N2S/c1-2-9-17(8-1)15-5-3-13(4-6-15)11-16-14-7-10-18-12-14/h3-7,10,12,16H,1-2,8-9,11H2. The van der Waals surface area contributed by atoms with Crippen molar-refractivity contribution in [1.82, 2.24) is 0 Å².